The second-order valence-electron chi connectivity index (χ2n) is 20.0. The van der Waals surface area contributed by atoms with E-state index < -0.39 is 15.7 Å². The minimum atomic E-state index is -0.639. The molecular formula is C64H34AlN16OTi. The van der Waals surface area contributed by atoms with Crippen LogP contribution in [0.4, 0.5) is 11.6 Å². The van der Waals surface area contributed by atoms with Crippen molar-refractivity contribution in [1.82, 2.24) is 47.0 Å². The molecule has 0 unspecified atom stereocenters. The number of hydrogen-bond acceptors (Lipinski definition) is 12. The number of fused-ring (bicyclic) bond motifs is 34. The van der Waals surface area contributed by atoms with Crippen molar-refractivity contribution in [3.63, 3.8) is 0 Å². The fraction of sp³-hybridized carbons (Fsp3) is 0. The van der Waals surface area contributed by atoms with Crippen LogP contribution < -0.4 is 20.9 Å². The summed E-state index contributed by atoms with van der Waals surface area (Å²) < 4.78 is 4.48. The number of benzene rings is 8. The van der Waals surface area contributed by atoms with Crippen LogP contribution >= 0.6 is 0 Å². The van der Waals surface area contributed by atoms with Crippen LogP contribution in [0.5, 0.6) is 0 Å². The molecule has 11 heterocycles. The van der Waals surface area contributed by atoms with Crippen LogP contribution in [0.25, 0.3) is 111 Å². The topological polar surface area (TPSA) is 221 Å². The van der Waals surface area contributed by atoms with E-state index in [4.69, 9.17) is 69.8 Å². The fourth-order valence-electron chi connectivity index (χ4n) is 11.6. The van der Waals surface area contributed by atoms with Gasteiger partial charge in [-0.15, -0.1) is 0 Å². The van der Waals surface area contributed by atoms with Gasteiger partial charge in [-0.2, -0.15) is 0 Å². The molecule has 0 atom stereocenters. The van der Waals surface area contributed by atoms with E-state index in [2.05, 4.69) is 79.9 Å². The third-order valence-corrected chi connectivity index (χ3v) is 16.8. The van der Waals surface area contributed by atoms with Crippen molar-refractivity contribution in [3.05, 3.63) is 227 Å². The van der Waals surface area contributed by atoms with Gasteiger partial charge in [0.1, 0.15) is 22.6 Å². The molecule has 1 radical (unpaired) electrons. The number of nitrogens with zero attached hydrogens (tertiary/aromatic N) is 16. The first-order valence-corrected chi connectivity index (χ1v) is 27.3. The molecule has 83 heavy (non-hydrogen) atoms. The van der Waals surface area contributed by atoms with Gasteiger partial charge in [-0.1, -0.05) is 194 Å². The number of hydrogen-bond donors (Lipinski definition) is 0. The van der Waals surface area contributed by atoms with Crippen LogP contribution in [0, 0.1) is 0 Å². The smallest absolute Gasteiger partial charge is 0.412 e. The molecule has 19 rings (SSSR count). The predicted molar refractivity (Wildman–Crippen MR) is 319 cm³/mol. The van der Waals surface area contributed by atoms with Gasteiger partial charge in [0, 0.05) is 88.6 Å². The Morgan fingerprint density at radius 3 is 0.855 bits per heavy atom. The van der Waals surface area contributed by atoms with Crippen LogP contribution in [0.15, 0.2) is 224 Å². The zero-order valence-electron chi connectivity index (χ0n) is 43.2. The van der Waals surface area contributed by atoms with Crippen molar-refractivity contribution < 1.29 is 27.2 Å². The summed E-state index contributed by atoms with van der Waals surface area (Å²) in [5.41, 5.74) is 11.3. The molecule has 0 spiro atoms. The largest absolute Gasteiger partial charge is 2.00 e. The van der Waals surface area contributed by atoms with Crippen LogP contribution in [0.3, 0.4) is 0 Å². The van der Waals surface area contributed by atoms with E-state index in [0.29, 0.717) is 69.2 Å². The van der Waals surface area contributed by atoms with Gasteiger partial charge in [0.15, 0.2) is 23.3 Å². The number of rotatable bonds is 0. The molecular weight excluding hydrogens is 1080 g/mol. The first kappa shape index (κ1) is 48.6. The van der Waals surface area contributed by atoms with Gasteiger partial charge in [-0.25, -0.2) is 39.9 Å². The normalized spacial score (nSPS) is 13.4. The summed E-state index contributed by atoms with van der Waals surface area (Å²) in [5.74, 6) is 6.52. The maximum absolute atomic E-state index is 5.24. The molecule has 19 heteroatoms. The molecule has 0 saturated carbocycles. The Labute approximate surface area is 490 Å². The van der Waals surface area contributed by atoms with Crippen LogP contribution in [-0.4, -0.2) is 81.5 Å². The van der Waals surface area contributed by atoms with E-state index >= 15 is 0 Å². The molecule has 0 fully saturated rings. The van der Waals surface area contributed by atoms with Gasteiger partial charge >= 0.3 is 37.4 Å². The average molecular weight is 1120 g/mol. The summed E-state index contributed by atoms with van der Waals surface area (Å²) in [6.07, 6.45) is 0. The Hall–Kier alpha value is -10.3. The second kappa shape index (κ2) is 18.6. The van der Waals surface area contributed by atoms with E-state index in [1.807, 2.05) is 121 Å². The standard InChI is InChI=1S/2C32H16N8.Al.H2O.Ti/c2*1-2-10-18-17(9-1)25-33-26(18)38-28-21-13-5-6-14-22(21)30(35-28)40-32-24-16-8-7-15-23(24)31(36-32)39-29-20-12-4-3-11-19(20)27(34-29)37-25;;;/h2*1-16H;;1H2;/q2*-2;+2;;+2. The van der Waals surface area contributed by atoms with Gasteiger partial charge in [-0.05, 0) is 21.5 Å². The van der Waals surface area contributed by atoms with Crippen molar-refractivity contribution in [2.75, 3.05) is 0 Å². The summed E-state index contributed by atoms with van der Waals surface area (Å²) in [7, 11) is 0. The quantitative estimate of drug-likeness (QED) is 0.133. The van der Waals surface area contributed by atoms with E-state index in [9.17, 15) is 0 Å². The predicted octanol–water partition coefficient (Wildman–Crippen LogP) is 9.77. The van der Waals surface area contributed by atoms with E-state index in [1.54, 1.807) is 0 Å². The summed E-state index contributed by atoms with van der Waals surface area (Å²) in [4.78, 5) is 70.2. The summed E-state index contributed by atoms with van der Waals surface area (Å²) in [6.45, 7) is 0. The third-order valence-electron chi connectivity index (χ3n) is 15.4. The SMILES string of the molecule is O.[Ti+2].c1ccc2c(c1)-c1nc-2nc2[n-]c(nc3nc(nc4[n-]c(n1)c1ccccc41)-c1ccccc1-3)c1ccccc21.c1ccc2c(c1)C1=NC2=Nc2c3ccccc3c3[n]2[Al][n]2c(c4ccccc4c2=NC2=NC(=N3)c3ccccc32)=N1. The zero-order valence-corrected chi connectivity index (χ0v) is 45.9. The maximum Gasteiger partial charge on any atom is 2.00 e. The van der Waals surface area contributed by atoms with Crippen molar-refractivity contribution in [1.29, 1.82) is 0 Å². The van der Waals surface area contributed by atoms with Crippen LogP contribution in [-0.2, 0) is 21.7 Å². The van der Waals surface area contributed by atoms with Crippen molar-refractivity contribution in [2.24, 2.45) is 30.0 Å². The molecule has 0 amide bonds. The molecule has 6 aliphatic heterocycles. The van der Waals surface area contributed by atoms with Gasteiger partial charge in [0.05, 0.1) is 23.3 Å². The molecule has 13 aromatic rings. The molecule has 14 bridgehead atoms. The Balaban J connectivity index is 0.000000133. The molecule has 383 valence electrons. The van der Waals surface area contributed by atoms with Crippen molar-refractivity contribution in [3.8, 4) is 45.6 Å². The monoisotopic (exact) mass is 1120 g/mol. The fourth-order valence-corrected chi connectivity index (χ4v) is 13.1. The van der Waals surface area contributed by atoms with Gasteiger partial charge in [-0.3, -0.25) is 0 Å². The molecule has 0 aliphatic carbocycles. The number of amidine groups is 4. The Morgan fingerprint density at radius 2 is 0.530 bits per heavy atom. The van der Waals surface area contributed by atoms with E-state index in [1.165, 1.54) is 0 Å². The van der Waals surface area contributed by atoms with Crippen LogP contribution in [0.1, 0.15) is 22.3 Å². The molecule has 17 nitrogen and oxygen atoms in total. The second-order valence-corrected chi connectivity index (χ2v) is 21.2. The Kier molecular flexibility index (Phi) is 10.9. The van der Waals surface area contributed by atoms with E-state index in [-0.39, 0.29) is 27.2 Å². The number of aliphatic imine (C=N–C) groups is 4. The third kappa shape index (κ3) is 7.35. The first-order valence-electron chi connectivity index (χ1n) is 26.3. The van der Waals surface area contributed by atoms with E-state index in [0.717, 1.165) is 110 Å². The molecule has 8 aromatic carbocycles. The van der Waals surface area contributed by atoms with Gasteiger partial charge in [0.25, 0.3) is 0 Å². The van der Waals surface area contributed by atoms with Crippen molar-refractivity contribution >= 4 is 116 Å². The average Bonchev–Trinajstić information content (AvgIpc) is 3.74. The maximum atomic E-state index is 5.24. The molecule has 5 aromatic heterocycles. The summed E-state index contributed by atoms with van der Waals surface area (Å²) in [5, 5.41) is 7.67. The summed E-state index contributed by atoms with van der Waals surface area (Å²) >= 11 is -0.639. The van der Waals surface area contributed by atoms with Crippen LogP contribution in [0.2, 0.25) is 0 Å². The molecule has 6 aliphatic rings. The Bertz CT molecular complexity index is 5010. The molecule has 0 saturated heterocycles. The first-order chi connectivity index (χ1) is 40.1. The minimum Gasteiger partial charge on any atom is -0.412 e. The van der Waals surface area contributed by atoms with Gasteiger partial charge in [0.2, 0.25) is 0 Å². The van der Waals surface area contributed by atoms with Crippen molar-refractivity contribution in [2.45, 2.75) is 0 Å². The number of aromatic nitrogens is 10. The molecule has 2 N–H and O–H groups in total. The minimum absolute atomic E-state index is 0. The van der Waals surface area contributed by atoms with Gasteiger partial charge < -0.3 is 42.5 Å². The summed E-state index contributed by atoms with van der Waals surface area (Å²) in [6, 6.07) is 64.9. The zero-order chi connectivity index (χ0) is 52.9. The Morgan fingerprint density at radius 1 is 0.265 bits per heavy atom.